The number of unbranched alkanes of at least 4 members (excludes halogenated alkanes) is 1. The maximum atomic E-state index is 12.0. The highest BCUT2D eigenvalue weighted by Crippen LogP contribution is 2.22. The fourth-order valence-corrected chi connectivity index (χ4v) is 3.13. The number of amides is 1. The Hall–Kier alpha value is -4.19. The summed E-state index contributed by atoms with van der Waals surface area (Å²) in [5.41, 5.74) is 3.94. The zero-order chi connectivity index (χ0) is 34.5. The second kappa shape index (κ2) is 27.4. The Kier molecular flexibility index (Phi) is 26.1. The molecular weight excluding hydrogens is 576 g/mol. The maximum Gasteiger partial charge on any atom is 0.305 e. The summed E-state index contributed by atoms with van der Waals surface area (Å²) in [6, 6.07) is 0. The molecule has 8 N–H and O–H groups in total. The van der Waals surface area contributed by atoms with E-state index in [1.165, 1.54) is 4.90 Å². The number of carbonyl (C=O) groups excluding carboxylic acids is 2. The van der Waals surface area contributed by atoms with Crippen LogP contribution in [0.2, 0.25) is 0 Å². The second-order valence-electron chi connectivity index (χ2n) is 10.9. The van der Waals surface area contributed by atoms with Crippen molar-refractivity contribution >= 4 is 29.8 Å². The minimum Gasteiger partial charge on any atom is -0.481 e. The number of ether oxygens (including phenoxy) is 1. The summed E-state index contributed by atoms with van der Waals surface area (Å²) >= 11 is 0. The van der Waals surface area contributed by atoms with Gasteiger partial charge in [-0.3, -0.25) is 30.5 Å². The molecule has 0 aliphatic heterocycles. The van der Waals surface area contributed by atoms with Crippen LogP contribution in [0.15, 0.2) is 60.8 Å². The fraction of sp³-hybridized carbons (Fsp3) is 0.545. The first-order chi connectivity index (χ1) is 21.2. The topological polar surface area (TPSA) is 202 Å². The average Bonchev–Trinajstić information content (AvgIpc) is 2.97. The van der Waals surface area contributed by atoms with E-state index in [-0.39, 0.29) is 43.9 Å². The van der Waals surface area contributed by atoms with Gasteiger partial charge in [-0.1, -0.05) is 81.5 Å². The number of nitrogens with zero attached hydrogens (tertiary/aromatic N) is 1. The van der Waals surface area contributed by atoms with Crippen LogP contribution < -0.4 is 16.4 Å². The molecule has 0 aromatic heterocycles. The predicted molar refractivity (Wildman–Crippen MR) is 181 cm³/mol. The van der Waals surface area contributed by atoms with Crippen molar-refractivity contribution in [1.29, 1.82) is 10.8 Å². The molecule has 0 aliphatic carbocycles. The van der Waals surface area contributed by atoms with Crippen molar-refractivity contribution in [2.24, 2.45) is 11.1 Å². The number of nitrogens with two attached hydrogens (primary N) is 1. The molecule has 12 nitrogen and oxygen atoms in total. The van der Waals surface area contributed by atoms with Crippen LogP contribution in [0.4, 0.5) is 0 Å². The lowest BCUT2D eigenvalue weighted by molar-refractivity contribution is -0.153. The summed E-state index contributed by atoms with van der Waals surface area (Å²) in [4.78, 5) is 35.9. The summed E-state index contributed by atoms with van der Waals surface area (Å²) in [6.07, 6.45) is 26.2. The van der Waals surface area contributed by atoms with Crippen LogP contribution in [0.3, 0.4) is 0 Å². The maximum absolute atomic E-state index is 12.0. The first kappa shape index (κ1) is 42.9. The van der Waals surface area contributed by atoms with E-state index in [9.17, 15) is 19.5 Å². The minimum absolute atomic E-state index is 0.0725. The molecule has 1 unspecified atom stereocenters. The van der Waals surface area contributed by atoms with Gasteiger partial charge in [-0.15, -0.1) is 0 Å². The molecule has 12 heteroatoms. The van der Waals surface area contributed by atoms with Gasteiger partial charge in [0.25, 0.3) is 0 Å². The van der Waals surface area contributed by atoms with Gasteiger partial charge in [0.2, 0.25) is 5.91 Å². The van der Waals surface area contributed by atoms with Gasteiger partial charge in [-0.2, -0.15) is 0 Å². The highest BCUT2D eigenvalue weighted by atomic mass is 16.5. The van der Waals surface area contributed by atoms with Gasteiger partial charge >= 0.3 is 11.9 Å². The van der Waals surface area contributed by atoms with E-state index in [0.717, 1.165) is 38.5 Å². The second-order valence-corrected chi connectivity index (χ2v) is 10.9. The molecule has 0 saturated carbocycles. The molecule has 0 fully saturated rings. The van der Waals surface area contributed by atoms with E-state index in [4.69, 9.17) is 26.4 Å². The molecule has 0 aromatic carbocycles. The van der Waals surface area contributed by atoms with E-state index in [1.54, 1.807) is 27.9 Å². The number of aliphatic carboxylic acids is 1. The Morgan fingerprint density at radius 2 is 1.38 bits per heavy atom. The van der Waals surface area contributed by atoms with Gasteiger partial charge in [0.05, 0.1) is 13.0 Å². The van der Waals surface area contributed by atoms with Gasteiger partial charge in [-0.05, 0) is 44.9 Å². The molecular formula is C33H56N6O6. The van der Waals surface area contributed by atoms with Gasteiger partial charge in [0.15, 0.2) is 11.9 Å². The molecule has 0 aliphatic rings. The van der Waals surface area contributed by atoms with Crippen LogP contribution in [-0.2, 0) is 19.1 Å². The molecule has 0 radical (unpaired) electrons. The lowest BCUT2D eigenvalue weighted by Crippen LogP contribution is -2.46. The number of carbonyl (C=O) groups is 3. The van der Waals surface area contributed by atoms with Crippen LogP contribution in [0.25, 0.3) is 0 Å². The Morgan fingerprint density at radius 3 is 1.80 bits per heavy atom. The van der Waals surface area contributed by atoms with Crippen molar-refractivity contribution in [3.8, 4) is 0 Å². The summed E-state index contributed by atoms with van der Waals surface area (Å²) in [5.74, 6) is -2.21. The van der Waals surface area contributed by atoms with Gasteiger partial charge in [0, 0.05) is 32.5 Å². The molecule has 254 valence electrons. The molecule has 1 atom stereocenters. The molecule has 1 amide bonds. The minimum atomic E-state index is -1.42. The Balaban J connectivity index is 0. The smallest absolute Gasteiger partial charge is 0.305 e. The molecule has 45 heavy (non-hydrogen) atoms. The largest absolute Gasteiger partial charge is 0.481 e. The standard InChI is InChI=1S/C29H45NO6.C4H11N5/c1-4-5-6-7-8-9-10-11-12-13-14-15-16-17-18-19-20-21-26(33)36-24-29(2,3)27(34)28(35)30-23-22-25(31)32;1-9(2)4(7)8-3(5)6/h5-6,8-9,11-12,14-15,17-18,27,34H,4,7,10,13,16,19-24H2,1-3H3,(H,30,35)(H,31,32);1-2H3,(H5,5,6,7,8)/b6-5-,9-8-,12-11-,15-14-,18-17-;. The number of nitrogens with one attached hydrogen (secondary N) is 4. The van der Waals surface area contributed by atoms with Crippen molar-refractivity contribution in [2.45, 2.75) is 84.7 Å². The number of hydrogen-bond acceptors (Lipinski definition) is 7. The molecule has 0 spiro atoms. The summed E-state index contributed by atoms with van der Waals surface area (Å²) in [7, 11) is 3.39. The molecule has 0 bridgehead atoms. The summed E-state index contributed by atoms with van der Waals surface area (Å²) < 4.78 is 5.23. The summed E-state index contributed by atoms with van der Waals surface area (Å²) in [5, 5.41) is 37.2. The fourth-order valence-electron chi connectivity index (χ4n) is 3.13. The van der Waals surface area contributed by atoms with Gasteiger partial charge in [-0.25, -0.2) is 0 Å². The lowest BCUT2D eigenvalue weighted by Gasteiger charge is -2.28. The number of aliphatic hydroxyl groups is 1. The van der Waals surface area contributed by atoms with Crippen LogP contribution in [0, 0.1) is 16.2 Å². The predicted octanol–water partition coefficient (Wildman–Crippen LogP) is 4.40. The third-order valence-corrected chi connectivity index (χ3v) is 5.84. The van der Waals surface area contributed by atoms with Gasteiger partial charge in [0.1, 0.15) is 6.10 Å². The number of esters is 1. The van der Waals surface area contributed by atoms with E-state index in [2.05, 4.69) is 72.2 Å². The number of carboxylic acid groups (broad SMARTS) is 1. The average molecular weight is 633 g/mol. The normalized spacial score (nSPS) is 12.4. The molecule has 0 rings (SSSR count). The highest BCUT2D eigenvalue weighted by molar-refractivity contribution is 5.94. The van der Waals surface area contributed by atoms with Crippen LogP contribution in [-0.4, -0.2) is 78.2 Å². The lowest BCUT2D eigenvalue weighted by atomic mass is 9.87. The SMILES string of the molecule is CC/C=C\C/C=C\C/C=C\C/C=C\C/C=C\CCCC(=O)OCC(C)(C)C(O)C(=O)NCCC(=O)O.CN(C)C(=N)NC(=N)N. The number of guanidine groups is 2. The van der Waals surface area contributed by atoms with E-state index in [1.807, 2.05) is 6.08 Å². The third kappa shape index (κ3) is 28.3. The first-order valence-corrected chi connectivity index (χ1v) is 15.2. The zero-order valence-corrected chi connectivity index (χ0v) is 27.7. The van der Waals surface area contributed by atoms with Crippen molar-refractivity contribution in [3.63, 3.8) is 0 Å². The Bertz CT molecular complexity index is 1030. The molecule has 0 saturated heterocycles. The molecule has 0 heterocycles. The monoisotopic (exact) mass is 632 g/mol. The third-order valence-electron chi connectivity index (χ3n) is 5.84. The number of allylic oxidation sites excluding steroid dienone is 10. The zero-order valence-electron chi connectivity index (χ0n) is 27.7. The quantitative estimate of drug-likeness (QED) is 0.0334. The number of carboxylic acids is 1. The summed E-state index contributed by atoms with van der Waals surface area (Å²) in [6.45, 7) is 5.17. The highest BCUT2D eigenvalue weighted by Gasteiger charge is 2.34. The first-order valence-electron chi connectivity index (χ1n) is 15.2. The number of hydrogen-bond donors (Lipinski definition) is 7. The van der Waals surface area contributed by atoms with Gasteiger partial charge < -0.3 is 30.9 Å². The van der Waals surface area contributed by atoms with Crippen LogP contribution in [0.1, 0.15) is 78.6 Å². The van der Waals surface area contributed by atoms with Crippen molar-refractivity contribution in [3.05, 3.63) is 60.8 Å². The van der Waals surface area contributed by atoms with Crippen LogP contribution >= 0.6 is 0 Å². The molecule has 0 aromatic rings. The Labute approximate surface area is 269 Å². The van der Waals surface area contributed by atoms with E-state index in [0.29, 0.717) is 6.42 Å². The van der Waals surface area contributed by atoms with E-state index < -0.39 is 23.4 Å². The number of aliphatic hydroxyl groups excluding tert-OH is 1. The van der Waals surface area contributed by atoms with Crippen LogP contribution in [0.5, 0.6) is 0 Å². The number of rotatable bonds is 20. The van der Waals surface area contributed by atoms with E-state index >= 15 is 0 Å². The van der Waals surface area contributed by atoms with Crippen molar-refractivity contribution in [1.82, 2.24) is 15.5 Å². The van der Waals surface area contributed by atoms with Crippen molar-refractivity contribution in [2.75, 3.05) is 27.2 Å². The Morgan fingerprint density at radius 1 is 0.889 bits per heavy atom. The van der Waals surface area contributed by atoms with Crippen molar-refractivity contribution < 1.29 is 29.3 Å².